The van der Waals surface area contributed by atoms with E-state index in [1.807, 2.05) is 60.7 Å². The molecule has 0 bridgehead atoms. The van der Waals surface area contributed by atoms with E-state index in [-0.39, 0.29) is 32.6 Å². The van der Waals surface area contributed by atoms with Gasteiger partial charge in [-0.2, -0.15) is 0 Å². The molecular formula is C25H33N3O5. The third-order valence-corrected chi connectivity index (χ3v) is 5.23. The van der Waals surface area contributed by atoms with Crippen molar-refractivity contribution in [2.75, 3.05) is 6.54 Å². The summed E-state index contributed by atoms with van der Waals surface area (Å²) in [6.45, 7) is 0.377. The SMILES string of the molecule is NCCC(C(=O)OCc1ccccc1)C(=O)[C@@H](N)CCCC(N)C(=O)OCc1ccccc1. The molecule has 0 amide bonds. The highest BCUT2D eigenvalue weighted by Crippen LogP contribution is 2.14. The van der Waals surface area contributed by atoms with Crippen LogP contribution in [0.1, 0.15) is 36.8 Å². The molecule has 2 aromatic carbocycles. The molecule has 6 N–H and O–H groups in total. The average molecular weight is 456 g/mol. The zero-order valence-electron chi connectivity index (χ0n) is 18.7. The topological polar surface area (TPSA) is 148 Å². The Morgan fingerprint density at radius 1 is 0.697 bits per heavy atom. The number of carbonyl (C=O) groups is 3. The Hall–Kier alpha value is -3.07. The van der Waals surface area contributed by atoms with Gasteiger partial charge >= 0.3 is 11.9 Å². The molecule has 0 aliphatic heterocycles. The lowest BCUT2D eigenvalue weighted by Gasteiger charge is -2.19. The maximum absolute atomic E-state index is 12.8. The van der Waals surface area contributed by atoms with E-state index in [1.54, 1.807) is 0 Å². The van der Waals surface area contributed by atoms with Gasteiger partial charge in [-0.1, -0.05) is 60.7 Å². The van der Waals surface area contributed by atoms with Crippen molar-refractivity contribution in [3.63, 3.8) is 0 Å². The molecule has 0 spiro atoms. The van der Waals surface area contributed by atoms with Crippen molar-refractivity contribution in [3.05, 3.63) is 71.8 Å². The number of hydrogen-bond acceptors (Lipinski definition) is 8. The van der Waals surface area contributed by atoms with Gasteiger partial charge in [0.05, 0.1) is 6.04 Å². The molecule has 8 heteroatoms. The number of carbonyl (C=O) groups excluding carboxylic acids is 3. The van der Waals surface area contributed by atoms with E-state index in [1.165, 1.54) is 0 Å². The first-order valence-corrected chi connectivity index (χ1v) is 11.1. The lowest BCUT2D eigenvalue weighted by atomic mass is 9.92. The summed E-state index contributed by atoms with van der Waals surface area (Å²) in [6, 6.07) is 16.8. The highest BCUT2D eigenvalue weighted by Gasteiger charge is 2.31. The molecule has 0 aliphatic rings. The molecular weight excluding hydrogens is 422 g/mol. The number of ether oxygens (including phenoxy) is 2. The molecule has 8 nitrogen and oxygen atoms in total. The fourth-order valence-corrected chi connectivity index (χ4v) is 3.28. The average Bonchev–Trinajstić information content (AvgIpc) is 2.85. The fraction of sp³-hybridized carbons (Fsp3) is 0.400. The van der Waals surface area contributed by atoms with Gasteiger partial charge in [0.2, 0.25) is 0 Å². The third kappa shape index (κ3) is 9.13. The smallest absolute Gasteiger partial charge is 0.323 e. The highest BCUT2D eigenvalue weighted by molar-refractivity contribution is 6.01. The molecule has 2 aromatic rings. The van der Waals surface area contributed by atoms with Crippen LogP contribution in [-0.4, -0.2) is 36.4 Å². The molecule has 2 rings (SSSR count). The molecule has 0 fully saturated rings. The van der Waals surface area contributed by atoms with E-state index in [0.717, 1.165) is 11.1 Å². The van der Waals surface area contributed by atoms with Crippen molar-refractivity contribution in [1.29, 1.82) is 0 Å². The van der Waals surface area contributed by atoms with Crippen LogP contribution in [0, 0.1) is 5.92 Å². The molecule has 33 heavy (non-hydrogen) atoms. The molecule has 2 unspecified atom stereocenters. The molecule has 0 radical (unpaired) electrons. The van der Waals surface area contributed by atoms with Crippen LogP contribution in [-0.2, 0) is 37.1 Å². The maximum Gasteiger partial charge on any atom is 0.323 e. The summed E-state index contributed by atoms with van der Waals surface area (Å²) in [4.78, 5) is 37.3. The fourth-order valence-electron chi connectivity index (χ4n) is 3.28. The molecule has 178 valence electrons. The number of esters is 2. The number of rotatable bonds is 14. The van der Waals surface area contributed by atoms with Gasteiger partial charge in [-0.25, -0.2) is 0 Å². The van der Waals surface area contributed by atoms with Crippen LogP contribution in [0.5, 0.6) is 0 Å². The monoisotopic (exact) mass is 455 g/mol. The first-order valence-electron chi connectivity index (χ1n) is 11.1. The van der Waals surface area contributed by atoms with Gasteiger partial charge in [-0.05, 0) is 43.4 Å². The van der Waals surface area contributed by atoms with E-state index < -0.39 is 35.7 Å². The largest absolute Gasteiger partial charge is 0.460 e. The van der Waals surface area contributed by atoms with Crippen LogP contribution < -0.4 is 17.2 Å². The van der Waals surface area contributed by atoms with Crippen LogP contribution in [0.15, 0.2) is 60.7 Å². The maximum atomic E-state index is 12.8. The van der Waals surface area contributed by atoms with E-state index in [2.05, 4.69) is 0 Å². The highest BCUT2D eigenvalue weighted by atomic mass is 16.5. The predicted octanol–water partition coefficient (Wildman–Crippen LogP) is 1.83. The summed E-state index contributed by atoms with van der Waals surface area (Å²) < 4.78 is 10.5. The summed E-state index contributed by atoms with van der Waals surface area (Å²) in [6.07, 6.45) is 1.19. The Labute approximate surface area is 194 Å². The van der Waals surface area contributed by atoms with Gasteiger partial charge in [-0.15, -0.1) is 0 Å². The Bertz CT molecular complexity index is 876. The summed E-state index contributed by atoms with van der Waals surface area (Å²) in [5.74, 6) is -2.58. The van der Waals surface area contributed by atoms with Crippen molar-refractivity contribution in [1.82, 2.24) is 0 Å². The summed E-state index contributed by atoms with van der Waals surface area (Å²) in [5, 5.41) is 0. The van der Waals surface area contributed by atoms with E-state index >= 15 is 0 Å². The van der Waals surface area contributed by atoms with Crippen LogP contribution in [0.4, 0.5) is 0 Å². The van der Waals surface area contributed by atoms with E-state index in [9.17, 15) is 14.4 Å². The summed E-state index contributed by atoms with van der Waals surface area (Å²) >= 11 is 0. The van der Waals surface area contributed by atoms with Gasteiger partial charge in [0.15, 0.2) is 5.78 Å². The minimum atomic E-state index is -1.02. The second-order valence-corrected chi connectivity index (χ2v) is 7.86. The van der Waals surface area contributed by atoms with E-state index in [4.69, 9.17) is 26.7 Å². The molecule has 0 aliphatic carbocycles. The zero-order valence-corrected chi connectivity index (χ0v) is 18.7. The van der Waals surface area contributed by atoms with Gasteiger partial charge < -0.3 is 26.7 Å². The number of benzene rings is 2. The third-order valence-electron chi connectivity index (χ3n) is 5.23. The normalized spacial score (nSPS) is 13.5. The lowest BCUT2D eigenvalue weighted by Crippen LogP contribution is -2.41. The molecule has 0 saturated carbocycles. The minimum absolute atomic E-state index is 0.0726. The predicted molar refractivity (Wildman–Crippen MR) is 124 cm³/mol. The zero-order chi connectivity index (χ0) is 24.1. The molecule has 0 saturated heterocycles. The van der Waals surface area contributed by atoms with Crippen molar-refractivity contribution in [3.8, 4) is 0 Å². The summed E-state index contributed by atoms with van der Waals surface area (Å²) in [5.41, 5.74) is 19.2. The summed E-state index contributed by atoms with van der Waals surface area (Å²) in [7, 11) is 0. The van der Waals surface area contributed by atoms with Gasteiger partial charge in [0.25, 0.3) is 0 Å². The number of ketones is 1. The number of hydrogen-bond donors (Lipinski definition) is 3. The Morgan fingerprint density at radius 3 is 1.70 bits per heavy atom. The quantitative estimate of drug-likeness (QED) is 0.289. The van der Waals surface area contributed by atoms with Crippen LogP contribution >= 0.6 is 0 Å². The lowest BCUT2D eigenvalue weighted by molar-refractivity contribution is -0.153. The van der Waals surface area contributed by atoms with Gasteiger partial charge in [0, 0.05) is 0 Å². The van der Waals surface area contributed by atoms with Crippen molar-refractivity contribution < 1.29 is 23.9 Å². The van der Waals surface area contributed by atoms with Crippen LogP contribution in [0.25, 0.3) is 0 Å². The Morgan fingerprint density at radius 2 is 1.18 bits per heavy atom. The first-order chi connectivity index (χ1) is 15.9. The minimum Gasteiger partial charge on any atom is -0.460 e. The van der Waals surface area contributed by atoms with Crippen LogP contribution in [0.2, 0.25) is 0 Å². The molecule has 3 atom stereocenters. The van der Waals surface area contributed by atoms with Crippen molar-refractivity contribution in [2.45, 2.75) is 51.0 Å². The Kier molecular flexibility index (Phi) is 11.2. The van der Waals surface area contributed by atoms with Crippen molar-refractivity contribution in [2.24, 2.45) is 23.1 Å². The second kappa shape index (κ2) is 14.2. The second-order valence-electron chi connectivity index (χ2n) is 7.86. The van der Waals surface area contributed by atoms with Crippen molar-refractivity contribution >= 4 is 17.7 Å². The molecule has 0 aromatic heterocycles. The number of nitrogens with two attached hydrogens (primary N) is 3. The standard InChI is InChI=1S/C25H33N3O5/c26-15-14-20(24(30)32-16-18-8-3-1-4-9-18)23(29)21(27)12-7-13-22(28)25(31)33-17-19-10-5-2-6-11-19/h1-6,8-11,20-22H,7,12-17,26-28H2/t20?,21-,22?/m0/s1. The van der Waals surface area contributed by atoms with Crippen LogP contribution in [0.3, 0.4) is 0 Å². The van der Waals surface area contributed by atoms with Gasteiger partial charge in [-0.3, -0.25) is 14.4 Å². The van der Waals surface area contributed by atoms with E-state index in [0.29, 0.717) is 12.8 Å². The molecule has 0 heterocycles. The van der Waals surface area contributed by atoms with Gasteiger partial charge in [0.1, 0.15) is 25.2 Å². The first kappa shape index (κ1) is 26.2. The Balaban J connectivity index is 1.76. The number of Topliss-reactive ketones (excluding diaryl/α,β-unsaturated/α-hetero) is 1.